The molecule has 29 heavy (non-hydrogen) atoms. The molecule has 3 rings (SSSR count). The third kappa shape index (κ3) is 5.95. The van der Waals surface area contributed by atoms with Crippen molar-refractivity contribution in [1.82, 2.24) is 4.90 Å². The van der Waals surface area contributed by atoms with Crippen LogP contribution in [0.1, 0.15) is 24.8 Å². The first-order chi connectivity index (χ1) is 14.2. The van der Waals surface area contributed by atoms with Gasteiger partial charge in [-0.3, -0.25) is 5.41 Å². The zero-order valence-corrected chi connectivity index (χ0v) is 17.0. The van der Waals surface area contributed by atoms with E-state index in [1.165, 1.54) is 0 Å². The lowest BCUT2D eigenvalue weighted by atomic mass is 9.99. The predicted molar refractivity (Wildman–Crippen MR) is 117 cm³/mol. The van der Waals surface area contributed by atoms with Crippen LogP contribution in [0.25, 0.3) is 0 Å². The number of aliphatic hydroxyl groups is 1. The topological polar surface area (TPSA) is 85.8 Å². The molecule has 1 atom stereocenters. The summed E-state index contributed by atoms with van der Waals surface area (Å²) < 4.78 is 5.98. The first-order valence-corrected chi connectivity index (χ1v) is 10.4. The Labute approximate surface area is 173 Å². The maximum absolute atomic E-state index is 9.53. The lowest BCUT2D eigenvalue weighted by molar-refractivity contribution is 0.159. The quantitative estimate of drug-likeness (QED) is 0.472. The molecule has 0 aliphatic carbocycles. The van der Waals surface area contributed by atoms with Crippen LogP contribution in [-0.4, -0.2) is 48.8 Å². The molecule has 0 aromatic heterocycles. The van der Waals surface area contributed by atoms with Crippen LogP contribution in [0, 0.1) is 11.3 Å². The van der Waals surface area contributed by atoms with Crippen LogP contribution < -0.4 is 15.4 Å². The normalized spacial score (nSPS) is 16.5. The van der Waals surface area contributed by atoms with Gasteiger partial charge < -0.3 is 25.4 Å². The number of nitrogens with two attached hydrogens (primary N) is 1. The Hall–Kier alpha value is -2.57. The number of likely N-dealkylation sites (tertiary alicyclic amines) is 1. The minimum atomic E-state index is 0.176. The van der Waals surface area contributed by atoms with Crippen molar-refractivity contribution in [3.8, 4) is 5.75 Å². The number of nitrogens with one attached hydrogen (secondary N) is 1. The molecule has 1 heterocycles. The van der Waals surface area contributed by atoms with Gasteiger partial charge in [-0.05, 0) is 49.4 Å². The average molecular weight is 397 g/mol. The van der Waals surface area contributed by atoms with Crippen molar-refractivity contribution in [3.05, 3.63) is 60.2 Å². The Morgan fingerprint density at radius 2 is 2.03 bits per heavy atom. The van der Waals surface area contributed by atoms with Crippen LogP contribution in [0.4, 0.5) is 5.69 Å². The number of benzene rings is 2. The molecule has 2 aromatic carbocycles. The fraction of sp³-hybridized carbons (Fsp3) is 0.435. The highest BCUT2D eigenvalue weighted by Crippen LogP contribution is 2.25. The standard InChI is InChI=1S/C23H32N4O2/c24-12-6-14-27(23(25)26-13-5-9-20(16-26)17-28)21-10-4-11-22(15-21)29-18-19-7-2-1-3-8-19/h1-4,7-8,10-11,15,20,25,28H,5-6,9,12-14,16-18,24H2. The molecule has 0 bridgehead atoms. The summed E-state index contributed by atoms with van der Waals surface area (Å²) in [7, 11) is 0. The number of hydrogen-bond donors (Lipinski definition) is 3. The first-order valence-electron chi connectivity index (χ1n) is 10.4. The van der Waals surface area contributed by atoms with E-state index in [9.17, 15) is 5.11 Å². The van der Waals surface area contributed by atoms with Crippen molar-refractivity contribution < 1.29 is 9.84 Å². The molecule has 0 saturated carbocycles. The zero-order valence-electron chi connectivity index (χ0n) is 17.0. The van der Waals surface area contributed by atoms with Crippen LogP contribution in [0.3, 0.4) is 0 Å². The molecule has 1 unspecified atom stereocenters. The predicted octanol–water partition coefficient (Wildman–Crippen LogP) is 3.06. The van der Waals surface area contributed by atoms with Gasteiger partial charge >= 0.3 is 0 Å². The second kappa shape index (κ2) is 10.8. The largest absolute Gasteiger partial charge is 0.489 e. The number of nitrogens with zero attached hydrogens (tertiary/aromatic N) is 2. The van der Waals surface area contributed by atoms with E-state index in [1.807, 2.05) is 59.5 Å². The molecule has 4 N–H and O–H groups in total. The van der Waals surface area contributed by atoms with Crippen LogP contribution in [-0.2, 0) is 6.61 Å². The summed E-state index contributed by atoms with van der Waals surface area (Å²) in [5.41, 5.74) is 7.80. The van der Waals surface area contributed by atoms with Gasteiger partial charge in [0.15, 0.2) is 5.96 Å². The van der Waals surface area contributed by atoms with E-state index < -0.39 is 0 Å². The molecule has 6 nitrogen and oxygen atoms in total. The minimum absolute atomic E-state index is 0.176. The smallest absolute Gasteiger partial charge is 0.198 e. The molecular formula is C23H32N4O2. The van der Waals surface area contributed by atoms with Gasteiger partial charge in [0.1, 0.15) is 12.4 Å². The van der Waals surface area contributed by atoms with E-state index in [4.69, 9.17) is 15.9 Å². The van der Waals surface area contributed by atoms with Crippen LogP contribution in [0.2, 0.25) is 0 Å². The second-order valence-corrected chi connectivity index (χ2v) is 7.53. The number of rotatable bonds is 8. The van der Waals surface area contributed by atoms with Crippen molar-refractivity contribution in [1.29, 1.82) is 5.41 Å². The van der Waals surface area contributed by atoms with Crippen molar-refractivity contribution >= 4 is 11.6 Å². The maximum atomic E-state index is 9.53. The van der Waals surface area contributed by atoms with Crippen LogP contribution in [0.5, 0.6) is 5.75 Å². The van der Waals surface area contributed by atoms with Crippen LogP contribution in [0.15, 0.2) is 54.6 Å². The summed E-state index contributed by atoms with van der Waals surface area (Å²) in [6, 6.07) is 18.0. The highest BCUT2D eigenvalue weighted by molar-refractivity contribution is 5.94. The number of guanidine groups is 1. The first kappa shape index (κ1) is 21.1. The van der Waals surface area contributed by atoms with Crippen molar-refractivity contribution in [2.75, 3.05) is 37.7 Å². The number of anilines is 1. The van der Waals surface area contributed by atoms with Gasteiger partial charge in [-0.25, -0.2) is 0 Å². The van der Waals surface area contributed by atoms with Gasteiger partial charge in [0.25, 0.3) is 0 Å². The minimum Gasteiger partial charge on any atom is -0.489 e. The van der Waals surface area contributed by atoms with E-state index in [1.54, 1.807) is 0 Å². The number of hydrogen-bond acceptors (Lipinski definition) is 4. The van der Waals surface area contributed by atoms with E-state index >= 15 is 0 Å². The van der Waals surface area contributed by atoms with Gasteiger partial charge in [0, 0.05) is 38.0 Å². The van der Waals surface area contributed by atoms with Crippen LogP contribution >= 0.6 is 0 Å². The summed E-state index contributed by atoms with van der Waals surface area (Å²) in [5, 5.41) is 18.4. The van der Waals surface area contributed by atoms with Gasteiger partial charge in [0.2, 0.25) is 0 Å². The molecule has 0 spiro atoms. The third-order valence-electron chi connectivity index (χ3n) is 5.30. The van der Waals surface area contributed by atoms with Gasteiger partial charge in [0.05, 0.1) is 0 Å². The molecule has 6 heteroatoms. The lowest BCUT2D eigenvalue weighted by Gasteiger charge is -2.38. The molecule has 0 radical (unpaired) electrons. The van der Waals surface area contributed by atoms with Crippen molar-refractivity contribution in [2.24, 2.45) is 11.7 Å². The number of aliphatic hydroxyl groups excluding tert-OH is 1. The Morgan fingerprint density at radius 3 is 2.79 bits per heavy atom. The third-order valence-corrected chi connectivity index (χ3v) is 5.30. The van der Waals surface area contributed by atoms with Crippen molar-refractivity contribution in [3.63, 3.8) is 0 Å². The van der Waals surface area contributed by atoms with E-state index in [2.05, 4.69) is 4.90 Å². The van der Waals surface area contributed by atoms with Gasteiger partial charge in [-0.1, -0.05) is 36.4 Å². The Bertz CT molecular complexity index is 768. The molecule has 2 aromatic rings. The highest BCUT2D eigenvalue weighted by atomic mass is 16.5. The summed E-state index contributed by atoms with van der Waals surface area (Å²) in [6.07, 6.45) is 2.82. The zero-order chi connectivity index (χ0) is 20.5. The number of piperidine rings is 1. The Morgan fingerprint density at radius 1 is 1.21 bits per heavy atom. The SMILES string of the molecule is N=C(N1CCCC(CO)C1)N(CCCN)c1cccc(OCc2ccccc2)c1. The number of ether oxygens (including phenoxy) is 1. The molecule has 1 aliphatic heterocycles. The van der Waals surface area contributed by atoms with E-state index in [0.717, 1.165) is 49.4 Å². The fourth-order valence-corrected chi connectivity index (χ4v) is 3.67. The lowest BCUT2D eigenvalue weighted by Crippen LogP contribution is -2.49. The maximum Gasteiger partial charge on any atom is 0.198 e. The molecule has 1 saturated heterocycles. The summed E-state index contributed by atoms with van der Waals surface area (Å²) in [6.45, 7) is 3.51. The second-order valence-electron chi connectivity index (χ2n) is 7.53. The average Bonchev–Trinajstić information content (AvgIpc) is 2.79. The van der Waals surface area contributed by atoms with Gasteiger partial charge in [-0.2, -0.15) is 0 Å². The summed E-state index contributed by atoms with van der Waals surface area (Å²) in [5.74, 6) is 1.49. The summed E-state index contributed by atoms with van der Waals surface area (Å²) >= 11 is 0. The Kier molecular flexibility index (Phi) is 7.90. The highest BCUT2D eigenvalue weighted by Gasteiger charge is 2.25. The van der Waals surface area contributed by atoms with E-state index in [-0.39, 0.29) is 12.5 Å². The fourth-order valence-electron chi connectivity index (χ4n) is 3.67. The molecular weight excluding hydrogens is 364 g/mol. The monoisotopic (exact) mass is 396 g/mol. The van der Waals surface area contributed by atoms with Gasteiger partial charge in [-0.15, -0.1) is 0 Å². The Balaban J connectivity index is 1.73. The molecule has 1 fully saturated rings. The molecule has 1 aliphatic rings. The summed E-state index contributed by atoms with van der Waals surface area (Å²) in [4.78, 5) is 4.07. The van der Waals surface area contributed by atoms with E-state index in [0.29, 0.717) is 25.7 Å². The molecule has 0 amide bonds. The molecule has 156 valence electrons. The van der Waals surface area contributed by atoms with Crippen molar-refractivity contribution in [2.45, 2.75) is 25.9 Å².